The summed E-state index contributed by atoms with van der Waals surface area (Å²) in [5.41, 5.74) is 4.42. The van der Waals surface area contributed by atoms with Gasteiger partial charge in [0.05, 0.1) is 7.11 Å². The van der Waals surface area contributed by atoms with Crippen LogP contribution in [0.15, 0.2) is 36.4 Å². The van der Waals surface area contributed by atoms with Gasteiger partial charge >= 0.3 is 0 Å². The van der Waals surface area contributed by atoms with Crippen LogP contribution < -0.4 is 15.4 Å². The normalized spacial score (nSPS) is 22.7. The lowest BCUT2D eigenvalue weighted by Crippen LogP contribution is -2.21. The number of hydrogen-bond acceptors (Lipinski definition) is 3. The lowest BCUT2D eigenvalue weighted by Gasteiger charge is -2.19. The van der Waals surface area contributed by atoms with Crippen molar-refractivity contribution in [2.45, 2.75) is 24.8 Å². The third-order valence-electron chi connectivity index (χ3n) is 5.02. The number of ether oxygens (including phenoxy) is 1. The molecular formula is C19H21FN2O. The molecule has 2 N–H and O–H groups in total. The van der Waals surface area contributed by atoms with Gasteiger partial charge in [0.2, 0.25) is 0 Å². The molecule has 0 aromatic heterocycles. The molecule has 0 radical (unpaired) electrons. The first-order valence-electron chi connectivity index (χ1n) is 8.22. The molecule has 2 heterocycles. The average molecular weight is 312 g/mol. The second-order valence-electron chi connectivity index (χ2n) is 6.30. The van der Waals surface area contributed by atoms with E-state index in [-0.39, 0.29) is 5.82 Å². The summed E-state index contributed by atoms with van der Waals surface area (Å²) in [4.78, 5) is 0. The first-order valence-corrected chi connectivity index (χ1v) is 8.22. The number of rotatable bonds is 2. The molecule has 4 rings (SSSR count). The van der Waals surface area contributed by atoms with Crippen LogP contribution in [0.3, 0.4) is 0 Å². The largest absolute Gasteiger partial charge is 0.496 e. The molecule has 0 amide bonds. The Morgan fingerprint density at radius 2 is 1.96 bits per heavy atom. The molecule has 2 aromatic rings. The quantitative estimate of drug-likeness (QED) is 0.886. The molecular weight excluding hydrogens is 291 g/mol. The zero-order valence-electron chi connectivity index (χ0n) is 13.2. The Balaban J connectivity index is 1.87. The highest BCUT2D eigenvalue weighted by atomic mass is 19.1. The molecule has 3 nitrogen and oxygen atoms in total. The van der Waals surface area contributed by atoms with Gasteiger partial charge in [0.25, 0.3) is 0 Å². The highest BCUT2D eigenvalue weighted by molar-refractivity contribution is 5.81. The zero-order valence-corrected chi connectivity index (χ0v) is 13.2. The van der Waals surface area contributed by atoms with Crippen LogP contribution in [-0.4, -0.2) is 26.2 Å². The van der Waals surface area contributed by atoms with E-state index in [0.717, 1.165) is 42.8 Å². The van der Waals surface area contributed by atoms with Gasteiger partial charge in [-0.1, -0.05) is 12.1 Å². The fourth-order valence-electron chi connectivity index (χ4n) is 3.98. The van der Waals surface area contributed by atoms with Crippen molar-refractivity contribution in [1.29, 1.82) is 0 Å². The summed E-state index contributed by atoms with van der Waals surface area (Å²) >= 11 is 0. The van der Waals surface area contributed by atoms with Crippen molar-refractivity contribution in [3.05, 3.63) is 47.8 Å². The Kier molecular flexibility index (Phi) is 3.69. The molecule has 0 aliphatic carbocycles. The second kappa shape index (κ2) is 5.85. The number of halogens is 1. The summed E-state index contributed by atoms with van der Waals surface area (Å²) in [7, 11) is 1.64. The number of anilines is 1. The minimum Gasteiger partial charge on any atom is -0.496 e. The Bertz CT molecular complexity index is 731. The van der Waals surface area contributed by atoms with E-state index < -0.39 is 0 Å². The Labute approximate surface area is 135 Å². The van der Waals surface area contributed by atoms with Crippen molar-refractivity contribution in [2.24, 2.45) is 0 Å². The predicted octanol–water partition coefficient (Wildman–Crippen LogP) is 3.76. The predicted molar refractivity (Wildman–Crippen MR) is 90.6 cm³/mol. The van der Waals surface area contributed by atoms with Crippen LogP contribution in [0.5, 0.6) is 5.75 Å². The highest BCUT2D eigenvalue weighted by Gasteiger charge is 2.35. The summed E-state index contributed by atoms with van der Waals surface area (Å²) < 4.78 is 19.3. The van der Waals surface area contributed by atoms with E-state index in [0.29, 0.717) is 12.0 Å². The molecule has 120 valence electrons. The molecule has 2 aromatic carbocycles. The summed E-state index contributed by atoms with van der Waals surface area (Å²) in [6.45, 7) is 2.07. The Morgan fingerprint density at radius 1 is 1.09 bits per heavy atom. The molecule has 0 saturated carbocycles. The second-order valence-corrected chi connectivity index (χ2v) is 6.30. The molecule has 0 spiro atoms. The molecule has 2 aliphatic heterocycles. The van der Waals surface area contributed by atoms with Gasteiger partial charge in [-0.3, -0.25) is 0 Å². The summed E-state index contributed by atoms with van der Waals surface area (Å²) in [6, 6.07) is 11.4. The average Bonchev–Trinajstić information content (AvgIpc) is 2.76. The first-order chi connectivity index (χ1) is 11.3. The van der Waals surface area contributed by atoms with E-state index in [1.165, 1.54) is 17.3 Å². The maximum atomic E-state index is 13.8. The van der Waals surface area contributed by atoms with Crippen LogP contribution in [0.4, 0.5) is 10.1 Å². The van der Waals surface area contributed by atoms with E-state index in [4.69, 9.17) is 4.74 Å². The smallest absolute Gasteiger partial charge is 0.126 e. The van der Waals surface area contributed by atoms with Gasteiger partial charge in [0.15, 0.2) is 0 Å². The van der Waals surface area contributed by atoms with Crippen LogP contribution in [0.1, 0.15) is 24.3 Å². The number of methoxy groups -OCH3 is 1. The summed E-state index contributed by atoms with van der Waals surface area (Å²) in [5, 5.41) is 7.14. The number of hydrogen-bond donors (Lipinski definition) is 2. The minimum absolute atomic E-state index is 0.233. The third-order valence-corrected chi connectivity index (χ3v) is 5.02. The van der Waals surface area contributed by atoms with Crippen molar-refractivity contribution in [3.8, 4) is 16.9 Å². The van der Waals surface area contributed by atoms with E-state index in [2.05, 4.69) is 22.8 Å². The monoisotopic (exact) mass is 312 g/mol. The third kappa shape index (κ3) is 2.47. The standard InChI is InChI=1S/C19H21FN2O/c1-23-18-6-5-12(20)11-15(18)13-3-2-4-17-19(13)14-7-9-21-10-8-16(14)22-17/h2-6,11,14,16,21-22H,7-10H2,1H3/t14-,16+/m1/s1. The molecule has 23 heavy (non-hydrogen) atoms. The van der Waals surface area contributed by atoms with Gasteiger partial charge in [0, 0.05) is 23.2 Å². The van der Waals surface area contributed by atoms with E-state index in [9.17, 15) is 4.39 Å². The summed E-state index contributed by atoms with van der Waals surface area (Å²) in [5.74, 6) is 0.947. The number of fused-ring (bicyclic) bond motifs is 3. The molecule has 1 fully saturated rings. The van der Waals surface area contributed by atoms with Gasteiger partial charge < -0.3 is 15.4 Å². The molecule has 0 bridgehead atoms. The minimum atomic E-state index is -0.233. The van der Waals surface area contributed by atoms with Gasteiger partial charge in [-0.2, -0.15) is 0 Å². The van der Waals surface area contributed by atoms with E-state index in [1.54, 1.807) is 19.2 Å². The lowest BCUT2D eigenvalue weighted by molar-refractivity contribution is 0.415. The number of nitrogens with one attached hydrogen (secondary N) is 2. The van der Waals surface area contributed by atoms with Crippen molar-refractivity contribution >= 4 is 5.69 Å². The van der Waals surface area contributed by atoms with Crippen LogP contribution in [0.25, 0.3) is 11.1 Å². The molecule has 1 saturated heterocycles. The van der Waals surface area contributed by atoms with Crippen LogP contribution in [0, 0.1) is 5.82 Å². The van der Waals surface area contributed by atoms with Crippen LogP contribution >= 0.6 is 0 Å². The molecule has 2 atom stereocenters. The van der Waals surface area contributed by atoms with Crippen molar-refractivity contribution in [2.75, 3.05) is 25.5 Å². The SMILES string of the molecule is COc1ccc(F)cc1-c1cccc2c1[C@@H]1CCNCC[C@@H]1N2. The van der Waals surface area contributed by atoms with Gasteiger partial charge in [-0.05, 0) is 61.3 Å². The van der Waals surface area contributed by atoms with Gasteiger partial charge in [-0.25, -0.2) is 4.39 Å². The Hall–Kier alpha value is -2.07. The van der Waals surface area contributed by atoms with Gasteiger partial charge in [0.1, 0.15) is 11.6 Å². The van der Waals surface area contributed by atoms with E-state index >= 15 is 0 Å². The van der Waals surface area contributed by atoms with Gasteiger partial charge in [-0.15, -0.1) is 0 Å². The van der Waals surface area contributed by atoms with E-state index in [1.807, 2.05) is 6.07 Å². The van der Waals surface area contributed by atoms with Crippen molar-refractivity contribution in [3.63, 3.8) is 0 Å². The molecule has 0 unspecified atom stereocenters. The first kappa shape index (κ1) is 14.5. The fourth-order valence-corrected chi connectivity index (χ4v) is 3.98. The molecule has 2 aliphatic rings. The maximum Gasteiger partial charge on any atom is 0.126 e. The lowest BCUT2D eigenvalue weighted by atomic mass is 9.85. The fraction of sp³-hybridized carbons (Fsp3) is 0.368. The number of benzene rings is 2. The molecule has 4 heteroatoms. The zero-order chi connectivity index (χ0) is 15.8. The highest BCUT2D eigenvalue weighted by Crippen LogP contribution is 2.47. The topological polar surface area (TPSA) is 33.3 Å². The van der Waals surface area contributed by atoms with Crippen LogP contribution in [0.2, 0.25) is 0 Å². The van der Waals surface area contributed by atoms with Crippen LogP contribution in [-0.2, 0) is 0 Å². The Morgan fingerprint density at radius 3 is 2.83 bits per heavy atom. The maximum absolute atomic E-state index is 13.8. The van der Waals surface area contributed by atoms with Crippen molar-refractivity contribution < 1.29 is 9.13 Å². The summed E-state index contributed by atoms with van der Waals surface area (Å²) in [6.07, 6.45) is 2.21. The van der Waals surface area contributed by atoms with Crippen molar-refractivity contribution in [1.82, 2.24) is 5.32 Å².